The highest BCUT2D eigenvalue weighted by Gasteiger charge is 2.30. The third-order valence-electron chi connectivity index (χ3n) is 5.50. The summed E-state index contributed by atoms with van der Waals surface area (Å²) >= 11 is 0. The monoisotopic (exact) mass is 438 g/mol. The van der Waals surface area contributed by atoms with Crippen molar-refractivity contribution in [2.24, 2.45) is 5.92 Å². The number of rotatable bonds is 8. The molecule has 0 saturated carbocycles. The second-order valence-electron chi connectivity index (χ2n) is 7.85. The van der Waals surface area contributed by atoms with E-state index in [4.69, 9.17) is 9.47 Å². The normalized spacial score (nSPS) is 15.7. The van der Waals surface area contributed by atoms with E-state index in [-0.39, 0.29) is 36.9 Å². The van der Waals surface area contributed by atoms with Gasteiger partial charge in [0.25, 0.3) is 5.91 Å². The van der Waals surface area contributed by atoms with Gasteiger partial charge in [0.05, 0.1) is 19.1 Å². The Morgan fingerprint density at radius 3 is 2.53 bits per heavy atom. The Hall–Kier alpha value is -3.35. The van der Waals surface area contributed by atoms with E-state index in [1.807, 2.05) is 42.5 Å². The number of amides is 2. The average Bonchev–Trinajstić information content (AvgIpc) is 2.83. The SMILES string of the molecule is CCOC(=O)C1CCCN(C(=O)CN(C)C(=O)c2ccccc2COc2ccccc2)C1. The van der Waals surface area contributed by atoms with Gasteiger partial charge < -0.3 is 19.3 Å². The van der Waals surface area contributed by atoms with E-state index in [2.05, 4.69) is 0 Å². The second kappa shape index (κ2) is 11.3. The molecule has 1 heterocycles. The Balaban J connectivity index is 1.60. The summed E-state index contributed by atoms with van der Waals surface area (Å²) < 4.78 is 10.9. The molecule has 3 rings (SSSR count). The predicted octanol–water partition coefficient (Wildman–Crippen LogP) is 3.14. The molecule has 170 valence electrons. The minimum atomic E-state index is -0.301. The van der Waals surface area contributed by atoms with Gasteiger partial charge in [-0.1, -0.05) is 36.4 Å². The molecule has 1 fully saturated rings. The van der Waals surface area contributed by atoms with Gasteiger partial charge in [-0.2, -0.15) is 0 Å². The summed E-state index contributed by atoms with van der Waals surface area (Å²) in [6.45, 7) is 3.21. The van der Waals surface area contributed by atoms with Crippen molar-refractivity contribution >= 4 is 17.8 Å². The molecule has 1 unspecified atom stereocenters. The Morgan fingerprint density at radius 1 is 1.06 bits per heavy atom. The second-order valence-corrected chi connectivity index (χ2v) is 7.85. The third kappa shape index (κ3) is 6.09. The van der Waals surface area contributed by atoms with Crippen molar-refractivity contribution in [1.29, 1.82) is 0 Å². The highest BCUT2D eigenvalue weighted by Crippen LogP contribution is 2.19. The molecule has 0 radical (unpaired) electrons. The van der Waals surface area contributed by atoms with Crippen LogP contribution in [0.1, 0.15) is 35.7 Å². The summed E-state index contributed by atoms with van der Waals surface area (Å²) in [4.78, 5) is 41.0. The number of piperidine rings is 1. The van der Waals surface area contributed by atoms with E-state index >= 15 is 0 Å². The Kier molecular flexibility index (Phi) is 8.25. The zero-order chi connectivity index (χ0) is 22.9. The first-order valence-corrected chi connectivity index (χ1v) is 10.9. The van der Waals surface area contributed by atoms with Crippen molar-refractivity contribution in [2.45, 2.75) is 26.4 Å². The van der Waals surface area contributed by atoms with Gasteiger partial charge >= 0.3 is 5.97 Å². The standard InChI is InChI=1S/C25H30N2O5/c1-3-31-25(30)19-11-9-15-27(16-19)23(28)17-26(2)24(29)22-14-8-7-10-20(22)18-32-21-12-5-4-6-13-21/h4-8,10,12-14,19H,3,9,11,15-18H2,1-2H3. The minimum Gasteiger partial charge on any atom is -0.489 e. The Labute approximate surface area is 188 Å². The molecule has 0 aromatic heterocycles. The van der Waals surface area contributed by atoms with Gasteiger partial charge in [0, 0.05) is 31.3 Å². The number of nitrogens with zero attached hydrogens (tertiary/aromatic N) is 2. The first kappa shape index (κ1) is 23.3. The maximum Gasteiger partial charge on any atom is 0.310 e. The molecule has 32 heavy (non-hydrogen) atoms. The van der Waals surface area contributed by atoms with E-state index in [9.17, 15) is 14.4 Å². The molecule has 7 heteroatoms. The number of para-hydroxylation sites is 1. The molecule has 1 aliphatic rings. The van der Waals surface area contributed by atoms with Crippen molar-refractivity contribution in [3.8, 4) is 5.75 Å². The molecular weight excluding hydrogens is 408 g/mol. The minimum absolute atomic E-state index is 0.0533. The molecule has 0 bridgehead atoms. The van der Waals surface area contributed by atoms with Crippen molar-refractivity contribution < 1.29 is 23.9 Å². The lowest BCUT2D eigenvalue weighted by Gasteiger charge is -2.32. The largest absolute Gasteiger partial charge is 0.489 e. The summed E-state index contributed by atoms with van der Waals surface area (Å²) in [6, 6.07) is 16.6. The number of benzene rings is 2. The van der Waals surface area contributed by atoms with Crippen molar-refractivity contribution in [3.05, 3.63) is 65.7 Å². The highest BCUT2D eigenvalue weighted by atomic mass is 16.5. The van der Waals surface area contributed by atoms with Gasteiger partial charge in [0.15, 0.2) is 0 Å². The Morgan fingerprint density at radius 2 is 1.78 bits per heavy atom. The maximum atomic E-state index is 13.1. The number of carbonyl (C=O) groups is 3. The van der Waals surface area contributed by atoms with Crippen LogP contribution < -0.4 is 4.74 Å². The van der Waals surface area contributed by atoms with Crippen LogP contribution in [-0.4, -0.2) is 60.9 Å². The third-order valence-corrected chi connectivity index (χ3v) is 5.50. The molecule has 7 nitrogen and oxygen atoms in total. The highest BCUT2D eigenvalue weighted by molar-refractivity contribution is 5.97. The lowest BCUT2D eigenvalue weighted by Crippen LogP contribution is -2.47. The smallest absolute Gasteiger partial charge is 0.310 e. The summed E-state index contributed by atoms with van der Waals surface area (Å²) in [5.41, 5.74) is 1.25. The molecule has 2 aromatic rings. The fourth-order valence-electron chi connectivity index (χ4n) is 3.77. The summed E-state index contributed by atoms with van der Waals surface area (Å²) in [6.07, 6.45) is 1.46. The molecule has 1 aliphatic heterocycles. The Bertz CT molecular complexity index is 931. The molecule has 0 spiro atoms. The molecule has 2 amide bonds. The molecule has 1 atom stereocenters. The van der Waals surface area contributed by atoms with Gasteiger partial charge in [-0.05, 0) is 38.0 Å². The quantitative estimate of drug-likeness (QED) is 0.592. The molecule has 2 aromatic carbocycles. The first-order valence-electron chi connectivity index (χ1n) is 10.9. The number of likely N-dealkylation sites (N-methyl/N-ethyl adjacent to an activating group) is 1. The van der Waals surface area contributed by atoms with Crippen LogP contribution in [0.4, 0.5) is 0 Å². The van der Waals surface area contributed by atoms with E-state index < -0.39 is 0 Å². The lowest BCUT2D eigenvalue weighted by atomic mass is 9.98. The van der Waals surface area contributed by atoms with E-state index in [0.717, 1.165) is 17.7 Å². The topological polar surface area (TPSA) is 76.2 Å². The summed E-state index contributed by atoms with van der Waals surface area (Å²) in [5.74, 6) is -0.261. The van der Waals surface area contributed by atoms with Crippen LogP contribution >= 0.6 is 0 Å². The van der Waals surface area contributed by atoms with Gasteiger partial charge in [-0.3, -0.25) is 14.4 Å². The average molecular weight is 439 g/mol. The van der Waals surface area contributed by atoms with E-state index in [1.54, 1.807) is 31.0 Å². The maximum absolute atomic E-state index is 13.1. The zero-order valence-corrected chi connectivity index (χ0v) is 18.7. The number of hydrogen-bond donors (Lipinski definition) is 0. The number of esters is 1. The summed E-state index contributed by atoms with van der Waals surface area (Å²) in [5, 5.41) is 0. The molecule has 0 N–H and O–H groups in total. The van der Waals surface area contributed by atoms with Crippen molar-refractivity contribution in [1.82, 2.24) is 9.80 Å². The van der Waals surface area contributed by atoms with Gasteiger partial charge in [-0.25, -0.2) is 0 Å². The zero-order valence-electron chi connectivity index (χ0n) is 18.7. The number of ether oxygens (including phenoxy) is 2. The fourth-order valence-corrected chi connectivity index (χ4v) is 3.77. The van der Waals surface area contributed by atoms with Crippen LogP contribution in [0.3, 0.4) is 0 Å². The van der Waals surface area contributed by atoms with Gasteiger partial charge in [0.1, 0.15) is 12.4 Å². The number of likely N-dealkylation sites (tertiary alicyclic amines) is 1. The van der Waals surface area contributed by atoms with Crippen LogP contribution in [0.15, 0.2) is 54.6 Å². The fraction of sp³-hybridized carbons (Fsp3) is 0.400. The van der Waals surface area contributed by atoms with Crippen molar-refractivity contribution in [3.63, 3.8) is 0 Å². The van der Waals surface area contributed by atoms with Crippen LogP contribution in [0.5, 0.6) is 5.75 Å². The van der Waals surface area contributed by atoms with Crippen molar-refractivity contribution in [2.75, 3.05) is 33.3 Å². The number of carbonyl (C=O) groups excluding carboxylic acids is 3. The summed E-state index contributed by atoms with van der Waals surface area (Å²) in [7, 11) is 1.61. The molecule has 0 aliphatic carbocycles. The van der Waals surface area contributed by atoms with Crippen LogP contribution in [0.2, 0.25) is 0 Å². The lowest BCUT2D eigenvalue weighted by molar-refractivity contribution is -0.151. The first-order chi connectivity index (χ1) is 15.5. The van der Waals surface area contributed by atoms with E-state index in [0.29, 0.717) is 31.7 Å². The molecule has 1 saturated heterocycles. The predicted molar refractivity (Wildman–Crippen MR) is 120 cm³/mol. The van der Waals surface area contributed by atoms with Crippen LogP contribution in [0.25, 0.3) is 0 Å². The van der Waals surface area contributed by atoms with Gasteiger partial charge in [-0.15, -0.1) is 0 Å². The number of hydrogen-bond acceptors (Lipinski definition) is 5. The molecular formula is C25H30N2O5. The van der Waals surface area contributed by atoms with Crippen LogP contribution in [0, 0.1) is 5.92 Å². The van der Waals surface area contributed by atoms with E-state index in [1.165, 1.54) is 4.90 Å². The van der Waals surface area contributed by atoms with Gasteiger partial charge in [0.2, 0.25) is 5.91 Å². The van der Waals surface area contributed by atoms with Crippen LogP contribution in [-0.2, 0) is 20.9 Å².